The lowest BCUT2D eigenvalue weighted by atomic mass is 9.87. The van der Waals surface area contributed by atoms with Gasteiger partial charge in [-0.1, -0.05) is 31.5 Å². The molecule has 1 fully saturated rings. The van der Waals surface area contributed by atoms with Gasteiger partial charge < -0.3 is 4.90 Å². The Bertz CT molecular complexity index is 1010. The predicted octanol–water partition coefficient (Wildman–Crippen LogP) is 3.83. The molecule has 1 amide bonds. The van der Waals surface area contributed by atoms with Gasteiger partial charge in [-0.2, -0.15) is 0 Å². The maximum atomic E-state index is 12.8. The minimum atomic E-state index is -3.69. The maximum Gasteiger partial charge on any atom is 0.261 e. The number of amides is 1. The molecule has 142 valence electrons. The standard InChI is InChI=1S/C21H24N2O3S/c1-14-4-8-16(9-5-14)22-27(25,26)17-10-11-19-18(12-17)21(2,3)13-23(19)20(24)15-6-7-15/h4-5,8-12,15,22H,6-7,13H2,1-3H3. The van der Waals surface area contributed by atoms with E-state index in [0.717, 1.165) is 29.7 Å². The molecule has 0 bridgehead atoms. The summed E-state index contributed by atoms with van der Waals surface area (Å²) in [5, 5.41) is 0. The third-order valence-corrected chi connectivity index (χ3v) is 6.73. The summed E-state index contributed by atoms with van der Waals surface area (Å²) in [6.07, 6.45) is 1.91. The number of aryl methyl sites for hydroxylation is 1. The number of carbonyl (C=O) groups excluding carboxylic acids is 1. The number of carbonyl (C=O) groups is 1. The van der Waals surface area contributed by atoms with E-state index in [-0.39, 0.29) is 22.1 Å². The lowest BCUT2D eigenvalue weighted by Gasteiger charge is -2.20. The molecular formula is C21H24N2O3S. The van der Waals surface area contributed by atoms with Crippen molar-refractivity contribution in [1.29, 1.82) is 0 Å². The summed E-state index contributed by atoms with van der Waals surface area (Å²) in [6, 6.07) is 12.3. The number of nitrogens with one attached hydrogen (secondary N) is 1. The van der Waals surface area contributed by atoms with Gasteiger partial charge in [0.15, 0.2) is 0 Å². The first kappa shape index (κ1) is 18.0. The van der Waals surface area contributed by atoms with E-state index in [4.69, 9.17) is 0 Å². The molecule has 2 aromatic carbocycles. The Morgan fingerprint density at radius 1 is 1.11 bits per heavy atom. The molecule has 0 saturated heterocycles. The molecule has 0 atom stereocenters. The number of fused-ring (bicyclic) bond motifs is 1. The van der Waals surface area contributed by atoms with Crippen LogP contribution in [-0.2, 0) is 20.2 Å². The first-order chi connectivity index (χ1) is 12.7. The second-order valence-electron chi connectivity index (χ2n) is 8.23. The van der Waals surface area contributed by atoms with E-state index in [1.54, 1.807) is 30.3 Å². The molecule has 0 unspecified atom stereocenters. The molecule has 1 saturated carbocycles. The van der Waals surface area contributed by atoms with Gasteiger partial charge in [0.25, 0.3) is 10.0 Å². The number of hydrogen-bond donors (Lipinski definition) is 1. The summed E-state index contributed by atoms with van der Waals surface area (Å²) in [5.74, 6) is 0.300. The second kappa shape index (κ2) is 6.09. The number of anilines is 2. The number of sulfonamides is 1. The minimum absolute atomic E-state index is 0.137. The monoisotopic (exact) mass is 384 g/mol. The molecule has 27 heavy (non-hydrogen) atoms. The highest BCUT2D eigenvalue weighted by atomic mass is 32.2. The highest BCUT2D eigenvalue weighted by Gasteiger charge is 2.43. The molecule has 2 aromatic rings. The molecule has 1 heterocycles. The van der Waals surface area contributed by atoms with Crippen LogP contribution in [0.15, 0.2) is 47.4 Å². The van der Waals surface area contributed by atoms with Crippen molar-refractivity contribution in [2.45, 2.75) is 43.9 Å². The Morgan fingerprint density at radius 2 is 1.78 bits per heavy atom. The number of nitrogens with zero attached hydrogens (tertiary/aromatic N) is 1. The molecule has 5 nitrogen and oxygen atoms in total. The average molecular weight is 385 g/mol. The van der Waals surface area contributed by atoms with Crippen molar-refractivity contribution in [3.05, 3.63) is 53.6 Å². The van der Waals surface area contributed by atoms with Crippen molar-refractivity contribution in [3.63, 3.8) is 0 Å². The van der Waals surface area contributed by atoms with Gasteiger partial charge in [-0.25, -0.2) is 8.42 Å². The molecule has 1 N–H and O–H groups in total. The van der Waals surface area contributed by atoms with Gasteiger partial charge in [-0.3, -0.25) is 9.52 Å². The second-order valence-corrected chi connectivity index (χ2v) is 9.92. The largest absolute Gasteiger partial charge is 0.311 e. The van der Waals surface area contributed by atoms with Gasteiger partial charge in [-0.15, -0.1) is 0 Å². The Kier molecular flexibility index (Phi) is 4.07. The van der Waals surface area contributed by atoms with Gasteiger partial charge >= 0.3 is 0 Å². The van der Waals surface area contributed by atoms with Crippen LogP contribution in [0.5, 0.6) is 0 Å². The SMILES string of the molecule is Cc1ccc(NS(=O)(=O)c2ccc3c(c2)C(C)(C)CN3C(=O)C2CC2)cc1. The molecule has 0 radical (unpaired) electrons. The van der Waals surface area contributed by atoms with Crippen LogP contribution < -0.4 is 9.62 Å². The van der Waals surface area contributed by atoms with Crippen LogP contribution in [0, 0.1) is 12.8 Å². The highest BCUT2D eigenvalue weighted by Crippen LogP contribution is 2.44. The van der Waals surface area contributed by atoms with Gasteiger partial charge in [0.05, 0.1) is 4.90 Å². The van der Waals surface area contributed by atoms with E-state index >= 15 is 0 Å². The van der Waals surface area contributed by atoms with E-state index in [2.05, 4.69) is 18.6 Å². The summed E-state index contributed by atoms with van der Waals surface area (Å²) in [6.45, 7) is 6.65. The molecule has 4 rings (SSSR count). The molecule has 2 aliphatic rings. The zero-order chi connectivity index (χ0) is 19.4. The predicted molar refractivity (Wildman–Crippen MR) is 107 cm³/mol. The van der Waals surface area contributed by atoms with E-state index < -0.39 is 10.0 Å². The number of hydrogen-bond acceptors (Lipinski definition) is 3. The fourth-order valence-corrected chi connectivity index (χ4v) is 4.69. The maximum absolute atomic E-state index is 12.8. The van der Waals surface area contributed by atoms with Gasteiger partial charge in [-0.05, 0) is 55.7 Å². The normalized spacial score (nSPS) is 18.3. The van der Waals surface area contributed by atoms with Crippen LogP contribution in [0.4, 0.5) is 11.4 Å². The zero-order valence-electron chi connectivity index (χ0n) is 15.8. The fourth-order valence-electron chi connectivity index (χ4n) is 3.61. The summed E-state index contributed by atoms with van der Waals surface area (Å²) in [5.41, 5.74) is 3.06. The quantitative estimate of drug-likeness (QED) is 0.871. The van der Waals surface area contributed by atoms with Crippen molar-refractivity contribution >= 4 is 27.3 Å². The number of benzene rings is 2. The Labute approximate surface area is 160 Å². The van der Waals surface area contributed by atoms with Crippen LogP contribution in [-0.4, -0.2) is 20.9 Å². The third kappa shape index (κ3) is 3.34. The summed E-state index contributed by atoms with van der Waals surface area (Å²) < 4.78 is 28.3. The molecule has 0 aromatic heterocycles. The van der Waals surface area contributed by atoms with Crippen molar-refractivity contribution in [3.8, 4) is 0 Å². The number of rotatable bonds is 4. The lowest BCUT2D eigenvalue weighted by molar-refractivity contribution is -0.119. The summed E-state index contributed by atoms with van der Waals surface area (Å²) >= 11 is 0. The minimum Gasteiger partial charge on any atom is -0.311 e. The van der Waals surface area contributed by atoms with E-state index in [9.17, 15) is 13.2 Å². The fraction of sp³-hybridized carbons (Fsp3) is 0.381. The van der Waals surface area contributed by atoms with Crippen molar-refractivity contribution in [2.24, 2.45) is 5.92 Å². The van der Waals surface area contributed by atoms with Gasteiger partial charge in [0.1, 0.15) is 0 Å². The van der Waals surface area contributed by atoms with E-state index in [1.807, 2.05) is 24.0 Å². The van der Waals surface area contributed by atoms with Crippen LogP contribution in [0.25, 0.3) is 0 Å². The average Bonchev–Trinajstić information content (AvgIpc) is 3.42. The molecule has 6 heteroatoms. The zero-order valence-corrected chi connectivity index (χ0v) is 16.6. The Hall–Kier alpha value is -2.34. The smallest absolute Gasteiger partial charge is 0.261 e. The molecular weight excluding hydrogens is 360 g/mol. The van der Waals surface area contributed by atoms with Crippen LogP contribution in [0.2, 0.25) is 0 Å². The molecule has 1 aliphatic heterocycles. The molecule has 1 aliphatic carbocycles. The third-order valence-electron chi connectivity index (χ3n) is 5.35. The first-order valence-electron chi connectivity index (χ1n) is 9.23. The van der Waals surface area contributed by atoms with Crippen LogP contribution in [0.1, 0.15) is 37.8 Å². The van der Waals surface area contributed by atoms with Gasteiger partial charge in [0, 0.05) is 29.3 Å². The molecule has 0 spiro atoms. The van der Waals surface area contributed by atoms with Crippen LogP contribution in [0.3, 0.4) is 0 Å². The first-order valence-corrected chi connectivity index (χ1v) is 10.7. The Morgan fingerprint density at radius 3 is 2.41 bits per heavy atom. The van der Waals surface area contributed by atoms with Crippen molar-refractivity contribution in [1.82, 2.24) is 0 Å². The Balaban J connectivity index is 1.67. The summed E-state index contributed by atoms with van der Waals surface area (Å²) in [7, 11) is -3.69. The van der Waals surface area contributed by atoms with Crippen molar-refractivity contribution in [2.75, 3.05) is 16.2 Å². The van der Waals surface area contributed by atoms with E-state index in [0.29, 0.717) is 12.2 Å². The lowest BCUT2D eigenvalue weighted by Crippen LogP contribution is -2.34. The topological polar surface area (TPSA) is 66.5 Å². The van der Waals surface area contributed by atoms with Crippen molar-refractivity contribution < 1.29 is 13.2 Å². The van der Waals surface area contributed by atoms with E-state index in [1.165, 1.54) is 0 Å². The van der Waals surface area contributed by atoms with Crippen LogP contribution >= 0.6 is 0 Å². The van der Waals surface area contributed by atoms with Gasteiger partial charge in [0.2, 0.25) is 5.91 Å². The highest BCUT2D eigenvalue weighted by molar-refractivity contribution is 7.92. The summed E-state index contributed by atoms with van der Waals surface area (Å²) in [4.78, 5) is 14.7.